The third kappa shape index (κ3) is 4.45. The first kappa shape index (κ1) is 14.0. The second kappa shape index (κ2) is 7.32. The van der Waals surface area contributed by atoms with E-state index < -0.39 is 18.1 Å². The van der Waals surface area contributed by atoms with Crippen LogP contribution in [0.25, 0.3) is 0 Å². The number of alkyl carbamates (subject to hydrolysis) is 1. The van der Waals surface area contributed by atoms with Gasteiger partial charge in [-0.3, -0.25) is 0 Å². The van der Waals surface area contributed by atoms with Crippen LogP contribution in [0.5, 0.6) is 0 Å². The second-order valence-corrected chi connectivity index (χ2v) is 3.57. The highest BCUT2D eigenvalue weighted by Gasteiger charge is 2.19. The lowest BCUT2D eigenvalue weighted by atomic mass is 10.2. The first-order valence-corrected chi connectivity index (χ1v) is 5.51. The molecule has 0 aromatic heterocycles. The number of carbonyl (C=O) groups is 2. The smallest absolute Gasteiger partial charge is 0.408 e. The van der Waals surface area contributed by atoms with E-state index in [9.17, 15) is 9.59 Å². The van der Waals surface area contributed by atoms with Crippen LogP contribution < -0.4 is 5.32 Å². The van der Waals surface area contributed by atoms with E-state index in [1.807, 2.05) is 30.3 Å². The standard InChI is InChI=1S/C13H16NO4/c1-3-11(12(15)17-2)14-13(16)18-9-10-7-5-4-6-8-10/h4-8,11H,1,3,9H2,2H3,(H,14,16)/t11-/m0/s1. The summed E-state index contributed by atoms with van der Waals surface area (Å²) >= 11 is 0. The first-order valence-electron chi connectivity index (χ1n) is 5.51. The molecule has 0 saturated heterocycles. The number of rotatable bonds is 5. The lowest BCUT2D eigenvalue weighted by Crippen LogP contribution is -2.41. The summed E-state index contributed by atoms with van der Waals surface area (Å²) < 4.78 is 9.49. The minimum atomic E-state index is -0.779. The fourth-order valence-corrected chi connectivity index (χ4v) is 1.30. The van der Waals surface area contributed by atoms with Crippen LogP contribution in [0.2, 0.25) is 0 Å². The van der Waals surface area contributed by atoms with Crippen molar-refractivity contribution in [2.75, 3.05) is 7.11 Å². The third-order valence-corrected chi connectivity index (χ3v) is 2.28. The van der Waals surface area contributed by atoms with E-state index in [1.165, 1.54) is 7.11 Å². The zero-order valence-electron chi connectivity index (χ0n) is 10.2. The molecule has 0 saturated carbocycles. The van der Waals surface area contributed by atoms with Gasteiger partial charge in [-0.2, -0.15) is 0 Å². The number of nitrogens with one attached hydrogen (secondary N) is 1. The molecule has 18 heavy (non-hydrogen) atoms. The van der Waals surface area contributed by atoms with Crippen molar-refractivity contribution in [2.24, 2.45) is 0 Å². The number of esters is 1. The molecule has 5 nitrogen and oxygen atoms in total. The molecule has 1 aromatic carbocycles. The molecule has 1 amide bonds. The van der Waals surface area contributed by atoms with Crippen molar-refractivity contribution in [1.29, 1.82) is 0 Å². The van der Waals surface area contributed by atoms with Crippen molar-refractivity contribution in [2.45, 2.75) is 19.1 Å². The quantitative estimate of drug-likeness (QED) is 0.807. The number of ether oxygens (including phenoxy) is 2. The third-order valence-electron chi connectivity index (χ3n) is 2.28. The van der Waals surface area contributed by atoms with Crippen molar-refractivity contribution in [3.63, 3.8) is 0 Å². The highest BCUT2D eigenvalue weighted by Crippen LogP contribution is 2.01. The lowest BCUT2D eigenvalue weighted by molar-refractivity contribution is -0.142. The molecule has 0 heterocycles. The van der Waals surface area contributed by atoms with E-state index >= 15 is 0 Å². The summed E-state index contributed by atoms with van der Waals surface area (Å²) in [5.74, 6) is -0.540. The molecule has 0 unspecified atom stereocenters. The Kier molecular flexibility index (Phi) is 5.70. The summed E-state index contributed by atoms with van der Waals surface area (Å²) in [4.78, 5) is 22.7. The molecule has 1 atom stereocenters. The van der Waals surface area contributed by atoms with Gasteiger partial charge < -0.3 is 14.8 Å². The zero-order chi connectivity index (χ0) is 13.4. The Morgan fingerprint density at radius 1 is 1.33 bits per heavy atom. The van der Waals surface area contributed by atoms with E-state index in [0.29, 0.717) is 0 Å². The lowest BCUT2D eigenvalue weighted by Gasteiger charge is -2.14. The minimum absolute atomic E-state index is 0.151. The van der Waals surface area contributed by atoms with Crippen LogP contribution in [0.4, 0.5) is 4.79 Å². The largest absolute Gasteiger partial charge is 0.467 e. The van der Waals surface area contributed by atoms with Gasteiger partial charge in [0.15, 0.2) is 0 Å². The Morgan fingerprint density at radius 2 is 2.00 bits per heavy atom. The van der Waals surface area contributed by atoms with Crippen molar-refractivity contribution < 1.29 is 19.1 Å². The Bertz CT molecular complexity index is 391. The van der Waals surface area contributed by atoms with Gasteiger partial charge in [0.25, 0.3) is 0 Å². The summed E-state index contributed by atoms with van der Waals surface area (Å²) in [5.41, 5.74) is 0.872. The molecular weight excluding hydrogens is 234 g/mol. The molecule has 0 bridgehead atoms. The molecule has 0 fully saturated rings. The maximum atomic E-state index is 11.4. The number of hydrogen-bond acceptors (Lipinski definition) is 4. The van der Waals surface area contributed by atoms with Gasteiger partial charge in [-0.15, -0.1) is 0 Å². The molecule has 1 radical (unpaired) electrons. The van der Waals surface area contributed by atoms with Gasteiger partial charge in [0.05, 0.1) is 7.11 Å². The van der Waals surface area contributed by atoms with Crippen LogP contribution in [0, 0.1) is 6.92 Å². The monoisotopic (exact) mass is 250 g/mol. The summed E-state index contributed by atoms with van der Waals surface area (Å²) in [5, 5.41) is 2.39. The molecule has 0 aliphatic rings. The predicted octanol–water partition coefficient (Wildman–Crippen LogP) is 1.68. The summed E-state index contributed by atoms with van der Waals surface area (Å²) in [7, 11) is 1.25. The molecule has 0 spiro atoms. The average molecular weight is 250 g/mol. The van der Waals surface area contributed by atoms with Crippen LogP contribution in [-0.2, 0) is 20.9 Å². The Morgan fingerprint density at radius 3 is 2.56 bits per heavy atom. The summed E-state index contributed by atoms with van der Waals surface area (Å²) in [6.45, 7) is 3.71. The van der Waals surface area contributed by atoms with E-state index in [1.54, 1.807) is 0 Å². The van der Waals surface area contributed by atoms with Gasteiger partial charge in [-0.1, -0.05) is 37.3 Å². The van der Waals surface area contributed by atoms with Crippen molar-refractivity contribution in [3.8, 4) is 0 Å². The highest BCUT2D eigenvalue weighted by atomic mass is 16.6. The number of hydrogen-bond donors (Lipinski definition) is 1. The van der Waals surface area contributed by atoms with E-state index in [-0.39, 0.29) is 13.0 Å². The van der Waals surface area contributed by atoms with Gasteiger partial charge >= 0.3 is 12.1 Å². The molecular formula is C13H16NO4. The van der Waals surface area contributed by atoms with Crippen molar-refractivity contribution in [3.05, 3.63) is 42.8 Å². The van der Waals surface area contributed by atoms with Gasteiger partial charge in [-0.25, -0.2) is 9.59 Å². The molecule has 5 heteroatoms. The first-order chi connectivity index (χ1) is 8.67. The maximum absolute atomic E-state index is 11.4. The Labute approximate surface area is 106 Å². The maximum Gasteiger partial charge on any atom is 0.408 e. The topological polar surface area (TPSA) is 64.6 Å². The molecule has 0 aliphatic heterocycles. The summed E-state index contributed by atoms with van der Waals surface area (Å²) in [6.07, 6.45) is -0.467. The number of methoxy groups -OCH3 is 1. The fraction of sp³-hybridized carbons (Fsp3) is 0.308. The highest BCUT2D eigenvalue weighted by molar-refractivity contribution is 5.81. The van der Waals surface area contributed by atoms with E-state index in [2.05, 4.69) is 17.0 Å². The predicted molar refractivity (Wildman–Crippen MR) is 65.5 cm³/mol. The SMILES string of the molecule is [CH2]C[C@H](NC(=O)OCc1ccccc1)C(=O)OC. The minimum Gasteiger partial charge on any atom is -0.467 e. The normalized spacial score (nSPS) is 11.4. The van der Waals surface area contributed by atoms with Gasteiger partial charge in [0.2, 0.25) is 0 Å². The van der Waals surface area contributed by atoms with Crippen LogP contribution in [0.3, 0.4) is 0 Å². The van der Waals surface area contributed by atoms with Crippen molar-refractivity contribution >= 4 is 12.1 Å². The molecule has 97 valence electrons. The van der Waals surface area contributed by atoms with E-state index in [4.69, 9.17) is 4.74 Å². The van der Waals surface area contributed by atoms with Crippen molar-refractivity contribution in [1.82, 2.24) is 5.32 Å². The van der Waals surface area contributed by atoms with E-state index in [0.717, 1.165) is 5.56 Å². The Hall–Kier alpha value is -2.04. The molecule has 1 aromatic rings. The van der Waals surface area contributed by atoms with Gasteiger partial charge in [0.1, 0.15) is 12.6 Å². The van der Waals surface area contributed by atoms with Crippen LogP contribution >= 0.6 is 0 Å². The second-order valence-electron chi connectivity index (χ2n) is 3.57. The van der Waals surface area contributed by atoms with Crippen LogP contribution in [0.1, 0.15) is 12.0 Å². The summed E-state index contributed by atoms with van der Waals surface area (Å²) in [6, 6.07) is 8.48. The zero-order valence-corrected chi connectivity index (χ0v) is 10.2. The fourth-order valence-electron chi connectivity index (χ4n) is 1.30. The van der Waals surface area contributed by atoms with Crippen LogP contribution in [0.15, 0.2) is 30.3 Å². The molecule has 1 N–H and O–H groups in total. The molecule has 0 aliphatic carbocycles. The Balaban J connectivity index is 2.39. The van der Waals surface area contributed by atoms with Gasteiger partial charge in [0, 0.05) is 0 Å². The molecule has 1 rings (SSSR count). The van der Waals surface area contributed by atoms with Gasteiger partial charge in [-0.05, 0) is 12.0 Å². The number of benzene rings is 1. The number of amides is 1. The average Bonchev–Trinajstić information content (AvgIpc) is 2.42. The number of carbonyl (C=O) groups excluding carboxylic acids is 2. The van der Waals surface area contributed by atoms with Crippen LogP contribution in [-0.4, -0.2) is 25.2 Å².